The summed E-state index contributed by atoms with van der Waals surface area (Å²) in [4.78, 5) is 18.1. The summed E-state index contributed by atoms with van der Waals surface area (Å²) in [5, 5.41) is 0. The summed E-state index contributed by atoms with van der Waals surface area (Å²) in [5.41, 5.74) is 0.247. The van der Waals surface area contributed by atoms with E-state index in [1.54, 1.807) is 0 Å². The third-order valence-corrected chi connectivity index (χ3v) is 8.85. The predicted molar refractivity (Wildman–Crippen MR) is 85.0 cm³/mol. The quantitative estimate of drug-likeness (QED) is 0.720. The van der Waals surface area contributed by atoms with Gasteiger partial charge < -0.3 is 9.80 Å². The highest BCUT2D eigenvalue weighted by Gasteiger charge is 2.80. The summed E-state index contributed by atoms with van der Waals surface area (Å²) in [7, 11) is 0. The van der Waals surface area contributed by atoms with Crippen molar-refractivity contribution in [1.82, 2.24) is 9.80 Å². The number of nitrogens with zero attached hydrogens (tertiary/aromatic N) is 2. The van der Waals surface area contributed by atoms with Gasteiger partial charge in [-0.3, -0.25) is 4.79 Å². The number of fused-ring (bicyclic) bond motifs is 1. The van der Waals surface area contributed by atoms with Crippen LogP contribution in [0.3, 0.4) is 0 Å². The van der Waals surface area contributed by atoms with Gasteiger partial charge in [0.05, 0.1) is 5.41 Å². The lowest BCUT2D eigenvalue weighted by Crippen LogP contribution is -2.70. The maximum absolute atomic E-state index is 13.2. The van der Waals surface area contributed by atoms with E-state index in [2.05, 4.69) is 53.4 Å². The Morgan fingerprint density at radius 1 is 1.15 bits per heavy atom. The van der Waals surface area contributed by atoms with Crippen LogP contribution in [0.15, 0.2) is 0 Å². The Hall–Kier alpha value is -0.0900. The zero-order chi connectivity index (χ0) is 14.8. The average molecular weight is 343 g/mol. The molecular formula is C16H27BrN2O. The van der Waals surface area contributed by atoms with Crippen LogP contribution in [0.1, 0.15) is 40.5 Å². The molecule has 2 bridgehead atoms. The number of hydrogen-bond donors (Lipinski definition) is 0. The second-order valence-electron chi connectivity index (χ2n) is 7.60. The first-order valence-electron chi connectivity index (χ1n) is 7.97. The fourth-order valence-corrected chi connectivity index (χ4v) is 6.77. The molecule has 0 aromatic carbocycles. The molecule has 0 spiro atoms. The fourth-order valence-electron chi connectivity index (χ4n) is 4.98. The van der Waals surface area contributed by atoms with Gasteiger partial charge in [-0.15, -0.1) is 0 Å². The van der Waals surface area contributed by atoms with Crippen molar-refractivity contribution >= 4 is 21.8 Å². The van der Waals surface area contributed by atoms with Crippen LogP contribution < -0.4 is 0 Å². The van der Waals surface area contributed by atoms with Crippen LogP contribution in [0.2, 0.25) is 0 Å². The number of carbonyl (C=O) groups is 1. The molecule has 4 rings (SSSR count). The van der Waals surface area contributed by atoms with Crippen LogP contribution in [0.4, 0.5) is 0 Å². The van der Waals surface area contributed by atoms with Gasteiger partial charge in [-0.05, 0) is 30.2 Å². The van der Waals surface area contributed by atoms with Crippen molar-refractivity contribution in [3.8, 4) is 0 Å². The number of halogens is 1. The Morgan fingerprint density at radius 2 is 1.75 bits per heavy atom. The molecule has 0 N–H and O–H groups in total. The summed E-state index contributed by atoms with van der Waals surface area (Å²) in [6.45, 7) is 14.1. The first kappa shape index (κ1) is 14.8. The van der Waals surface area contributed by atoms with Crippen molar-refractivity contribution in [2.24, 2.45) is 16.2 Å². The van der Waals surface area contributed by atoms with E-state index in [4.69, 9.17) is 0 Å². The van der Waals surface area contributed by atoms with Crippen LogP contribution >= 0.6 is 15.9 Å². The second kappa shape index (κ2) is 4.45. The normalized spacial score (nSPS) is 43.5. The predicted octanol–water partition coefficient (Wildman–Crippen LogP) is 2.74. The van der Waals surface area contributed by atoms with E-state index in [9.17, 15) is 4.79 Å². The minimum atomic E-state index is -0.157. The highest BCUT2D eigenvalue weighted by atomic mass is 79.9. The van der Waals surface area contributed by atoms with Gasteiger partial charge in [-0.2, -0.15) is 0 Å². The highest BCUT2D eigenvalue weighted by molar-refractivity contribution is 9.09. The molecule has 1 amide bonds. The molecular weight excluding hydrogens is 316 g/mol. The smallest absolute Gasteiger partial charge is 0.230 e. The molecule has 3 atom stereocenters. The maximum Gasteiger partial charge on any atom is 0.230 e. The molecule has 1 saturated heterocycles. The van der Waals surface area contributed by atoms with Crippen LogP contribution in [0.25, 0.3) is 0 Å². The van der Waals surface area contributed by atoms with Gasteiger partial charge in [0, 0.05) is 31.0 Å². The van der Waals surface area contributed by atoms with E-state index in [1.165, 1.54) is 6.42 Å². The van der Waals surface area contributed by atoms with Crippen molar-refractivity contribution in [1.29, 1.82) is 0 Å². The SMILES string of the molecule is CCN1CCN(C(=O)[C@@]23CC[C@@](C)([C@@H]2Br)C3(C)C)CC1. The zero-order valence-corrected chi connectivity index (χ0v) is 14.8. The Balaban J connectivity index is 1.79. The molecule has 1 heterocycles. The number of hydrogen-bond acceptors (Lipinski definition) is 2. The summed E-state index contributed by atoms with van der Waals surface area (Å²) in [6.07, 6.45) is 2.23. The van der Waals surface area contributed by atoms with Gasteiger partial charge in [-0.25, -0.2) is 0 Å². The van der Waals surface area contributed by atoms with E-state index in [-0.39, 0.29) is 16.2 Å². The Kier molecular flexibility index (Phi) is 3.30. The zero-order valence-electron chi connectivity index (χ0n) is 13.2. The number of rotatable bonds is 2. The van der Waals surface area contributed by atoms with E-state index in [0.717, 1.165) is 39.1 Å². The summed E-state index contributed by atoms with van der Waals surface area (Å²) >= 11 is 3.88. The van der Waals surface area contributed by atoms with Crippen LogP contribution in [-0.4, -0.2) is 53.3 Å². The minimum absolute atomic E-state index is 0.118. The first-order valence-corrected chi connectivity index (χ1v) is 8.88. The van der Waals surface area contributed by atoms with Crippen molar-refractivity contribution in [2.45, 2.75) is 45.4 Å². The van der Waals surface area contributed by atoms with Gasteiger partial charge in [0.15, 0.2) is 0 Å². The van der Waals surface area contributed by atoms with Crippen molar-refractivity contribution in [3.63, 3.8) is 0 Å². The third kappa shape index (κ3) is 1.48. The van der Waals surface area contributed by atoms with Crippen molar-refractivity contribution < 1.29 is 4.79 Å². The molecule has 1 aliphatic heterocycles. The average Bonchev–Trinajstić information content (AvgIpc) is 2.86. The molecule has 3 aliphatic carbocycles. The van der Waals surface area contributed by atoms with E-state index in [1.807, 2.05) is 0 Å². The minimum Gasteiger partial charge on any atom is -0.340 e. The monoisotopic (exact) mass is 342 g/mol. The van der Waals surface area contributed by atoms with Crippen LogP contribution in [0, 0.1) is 16.2 Å². The van der Waals surface area contributed by atoms with Crippen molar-refractivity contribution in [3.05, 3.63) is 0 Å². The van der Waals surface area contributed by atoms with Gasteiger partial charge in [0.1, 0.15) is 0 Å². The molecule has 4 heteroatoms. The lowest BCUT2D eigenvalue weighted by molar-refractivity contribution is -0.174. The third-order valence-electron chi connectivity index (χ3n) is 7.06. The lowest BCUT2D eigenvalue weighted by Gasteiger charge is -2.65. The number of alkyl halides is 1. The molecule has 0 aromatic heterocycles. The molecule has 20 heavy (non-hydrogen) atoms. The number of carbonyl (C=O) groups excluding carboxylic acids is 1. The molecule has 0 radical (unpaired) electrons. The summed E-state index contributed by atoms with van der Waals surface area (Å²) < 4.78 is 0. The Morgan fingerprint density at radius 3 is 2.15 bits per heavy atom. The number of likely N-dealkylation sites (N-methyl/N-ethyl adjacent to an activating group) is 1. The van der Waals surface area contributed by atoms with Gasteiger partial charge >= 0.3 is 0 Å². The van der Waals surface area contributed by atoms with E-state index < -0.39 is 0 Å². The Bertz CT molecular complexity index is 430. The molecule has 3 nitrogen and oxygen atoms in total. The number of amides is 1. The number of piperazine rings is 1. The van der Waals surface area contributed by atoms with Crippen LogP contribution in [-0.2, 0) is 4.79 Å². The highest BCUT2D eigenvalue weighted by Crippen LogP contribution is 2.80. The largest absolute Gasteiger partial charge is 0.340 e. The second-order valence-corrected chi connectivity index (χ2v) is 8.52. The summed E-state index contributed by atoms with van der Waals surface area (Å²) in [5.74, 6) is 0.412. The van der Waals surface area contributed by atoms with Crippen molar-refractivity contribution in [2.75, 3.05) is 32.7 Å². The lowest BCUT2D eigenvalue weighted by atomic mass is 9.43. The standard InChI is InChI=1S/C16H27BrN2O/c1-5-18-8-10-19(11-9-18)13(20)16-7-6-15(4,12(16)17)14(16,2)3/h12H,5-11H2,1-4H3/t12-,15-,16+/m0/s1. The van der Waals surface area contributed by atoms with Gasteiger partial charge in [-0.1, -0.05) is 43.6 Å². The fraction of sp³-hybridized carbons (Fsp3) is 0.938. The molecule has 4 aliphatic rings. The molecule has 4 fully saturated rings. The molecule has 0 aromatic rings. The van der Waals surface area contributed by atoms with Crippen LogP contribution in [0.5, 0.6) is 0 Å². The van der Waals surface area contributed by atoms with Gasteiger partial charge in [0.2, 0.25) is 5.91 Å². The summed E-state index contributed by atoms with van der Waals surface area (Å²) in [6, 6.07) is 0. The van der Waals surface area contributed by atoms with E-state index in [0.29, 0.717) is 10.7 Å². The molecule has 3 saturated carbocycles. The Labute approximate surface area is 131 Å². The molecule has 0 unspecified atom stereocenters. The maximum atomic E-state index is 13.2. The van der Waals surface area contributed by atoms with Gasteiger partial charge in [0.25, 0.3) is 0 Å². The first-order chi connectivity index (χ1) is 9.31. The van der Waals surface area contributed by atoms with E-state index >= 15 is 0 Å². The topological polar surface area (TPSA) is 23.6 Å². The molecule has 114 valence electrons.